The summed E-state index contributed by atoms with van der Waals surface area (Å²) in [6, 6.07) is 3.99. The molecule has 2 bridgehead atoms. The minimum absolute atomic E-state index is 0.000119. The van der Waals surface area contributed by atoms with Crippen LogP contribution < -0.4 is 14.8 Å². The van der Waals surface area contributed by atoms with Crippen molar-refractivity contribution in [3.63, 3.8) is 0 Å². The number of carbonyl (C=O) groups excluding carboxylic acids is 2. The second-order valence-corrected chi connectivity index (χ2v) is 13.6. The van der Waals surface area contributed by atoms with E-state index in [1.807, 2.05) is 44.9 Å². The van der Waals surface area contributed by atoms with Gasteiger partial charge in [-0.2, -0.15) is 0 Å². The number of carbonyl (C=O) groups is 2. The van der Waals surface area contributed by atoms with Gasteiger partial charge in [0.05, 0.1) is 28.8 Å². The normalized spacial score (nSPS) is 43.3. The molecule has 8 nitrogen and oxygen atoms in total. The molecule has 1 aliphatic carbocycles. The van der Waals surface area contributed by atoms with E-state index in [0.29, 0.717) is 56.1 Å². The third kappa shape index (κ3) is 2.19. The van der Waals surface area contributed by atoms with Gasteiger partial charge in [0.15, 0.2) is 11.5 Å². The third-order valence-electron chi connectivity index (χ3n) is 11.3. The monoisotopic (exact) mass is 495 g/mol. The number of piperidine rings is 2. The van der Waals surface area contributed by atoms with Gasteiger partial charge in [0.2, 0.25) is 11.8 Å². The summed E-state index contributed by atoms with van der Waals surface area (Å²) in [5.41, 5.74) is -2.48. The number of aliphatic hydroxyl groups is 1. The molecule has 8 heteroatoms. The summed E-state index contributed by atoms with van der Waals surface area (Å²) >= 11 is 0. The maximum Gasteiger partial charge on any atom is 0.246 e. The van der Waals surface area contributed by atoms with Crippen molar-refractivity contribution in [3.05, 3.63) is 17.7 Å². The van der Waals surface area contributed by atoms with Gasteiger partial charge in [0.1, 0.15) is 11.1 Å². The largest absolute Gasteiger partial charge is 0.487 e. The van der Waals surface area contributed by atoms with Crippen LogP contribution in [0, 0.1) is 11.3 Å². The van der Waals surface area contributed by atoms with Gasteiger partial charge in [0.25, 0.3) is 0 Å². The Hall–Kier alpha value is -2.32. The highest BCUT2D eigenvalue weighted by Crippen LogP contribution is 2.73. The zero-order valence-electron chi connectivity index (χ0n) is 22.2. The Morgan fingerprint density at radius 1 is 1.11 bits per heavy atom. The molecule has 0 radical (unpaired) electrons. The van der Waals surface area contributed by atoms with E-state index in [-0.39, 0.29) is 23.3 Å². The summed E-state index contributed by atoms with van der Waals surface area (Å²) in [6.45, 7) is 12.2. The molecule has 6 heterocycles. The van der Waals surface area contributed by atoms with Crippen LogP contribution in [0.1, 0.15) is 65.9 Å². The van der Waals surface area contributed by atoms with Gasteiger partial charge < -0.3 is 24.8 Å². The molecule has 8 rings (SSSR count). The SMILES string of the molecule is CN1C(=O)[C@]23CC4C(C)(C)[C@@]5(C[C@@]41CN2CC[C@@]3(C)O)C(=O)Nc1c5ccc2c1OCCC(C)(C)O2. The Bertz CT molecular complexity index is 1240. The predicted octanol–water partition coefficient (Wildman–Crippen LogP) is 2.67. The van der Waals surface area contributed by atoms with Crippen molar-refractivity contribution in [3.8, 4) is 11.5 Å². The number of anilines is 1. The molecule has 194 valence electrons. The Morgan fingerprint density at radius 2 is 1.86 bits per heavy atom. The Kier molecular flexibility index (Phi) is 3.94. The number of nitrogens with one attached hydrogen (secondary N) is 1. The summed E-state index contributed by atoms with van der Waals surface area (Å²) in [6.07, 6.45) is 2.46. The van der Waals surface area contributed by atoms with Crippen molar-refractivity contribution in [1.82, 2.24) is 9.80 Å². The fourth-order valence-electron chi connectivity index (χ4n) is 9.23. The van der Waals surface area contributed by atoms with Gasteiger partial charge in [-0.25, -0.2) is 0 Å². The van der Waals surface area contributed by atoms with E-state index < -0.39 is 27.5 Å². The molecule has 1 aromatic rings. The lowest BCUT2D eigenvalue weighted by Crippen LogP contribution is -2.82. The van der Waals surface area contributed by atoms with Gasteiger partial charge in [-0.3, -0.25) is 14.5 Å². The Balaban J connectivity index is 1.41. The number of rotatable bonds is 0. The number of hydrogen-bond acceptors (Lipinski definition) is 6. The van der Waals surface area contributed by atoms with Crippen LogP contribution in [0.2, 0.25) is 0 Å². The van der Waals surface area contributed by atoms with Gasteiger partial charge in [0, 0.05) is 26.6 Å². The minimum atomic E-state index is -1.10. The average molecular weight is 496 g/mol. The van der Waals surface area contributed by atoms with Gasteiger partial charge in [-0.05, 0) is 63.0 Å². The molecule has 7 aliphatic rings. The second kappa shape index (κ2) is 6.21. The smallest absolute Gasteiger partial charge is 0.246 e. The first-order chi connectivity index (χ1) is 16.7. The van der Waals surface area contributed by atoms with E-state index in [2.05, 4.69) is 24.1 Å². The summed E-state index contributed by atoms with van der Waals surface area (Å²) in [5.74, 6) is 1.30. The molecular formula is C28H37N3O5. The fraction of sp³-hybridized carbons (Fsp3) is 0.714. The molecule has 1 unspecified atom stereocenters. The van der Waals surface area contributed by atoms with Crippen molar-refractivity contribution >= 4 is 17.5 Å². The van der Waals surface area contributed by atoms with E-state index in [4.69, 9.17) is 9.47 Å². The fourth-order valence-corrected chi connectivity index (χ4v) is 9.23. The van der Waals surface area contributed by atoms with Crippen molar-refractivity contribution in [2.24, 2.45) is 11.3 Å². The first kappa shape index (κ1) is 22.8. The van der Waals surface area contributed by atoms with Crippen LogP contribution in [-0.4, -0.2) is 75.7 Å². The van der Waals surface area contributed by atoms with Crippen LogP contribution in [0.5, 0.6) is 11.5 Å². The summed E-state index contributed by atoms with van der Waals surface area (Å²) in [4.78, 5) is 32.3. The third-order valence-corrected chi connectivity index (χ3v) is 11.3. The van der Waals surface area contributed by atoms with E-state index in [9.17, 15) is 14.7 Å². The molecule has 6 aliphatic heterocycles. The summed E-state index contributed by atoms with van der Waals surface area (Å²) < 4.78 is 12.5. The summed E-state index contributed by atoms with van der Waals surface area (Å²) in [7, 11) is 1.89. The number of benzene rings is 1. The van der Waals surface area contributed by atoms with Crippen molar-refractivity contribution in [2.75, 3.05) is 32.1 Å². The van der Waals surface area contributed by atoms with Crippen LogP contribution >= 0.6 is 0 Å². The maximum absolute atomic E-state index is 14.2. The van der Waals surface area contributed by atoms with Crippen LogP contribution in [0.25, 0.3) is 0 Å². The van der Waals surface area contributed by atoms with Crippen molar-refractivity contribution in [2.45, 2.75) is 88.0 Å². The molecule has 1 aromatic carbocycles. The predicted molar refractivity (Wildman–Crippen MR) is 133 cm³/mol. The first-order valence-corrected chi connectivity index (χ1v) is 13.3. The van der Waals surface area contributed by atoms with Crippen LogP contribution in [0.15, 0.2) is 12.1 Å². The van der Waals surface area contributed by atoms with Crippen LogP contribution in [0.3, 0.4) is 0 Å². The molecule has 4 saturated heterocycles. The first-order valence-electron chi connectivity index (χ1n) is 13.3. The highest BCUT2D eigenvalue weighted by Gasteiger charge is 2.82. The highest BCUT2D eigenvalue weighted by molar-refractivity contribution is 6.09. The molecule has 5 fully saturated rings. The number of fused-ring (bicyclic) bond motifs is 5. The molecule has 3 spiro atoms. The Morgan fingerprint density at radius 3 is 2.61 bits per heavy atom. The van der Waals surface area contributed by atoms with Crippen molar-refractivity contribution in [1.29, 1.82) is 0 Å². The van der Waals surface area contributed by atoms with E-state index >= 15 is 0 Å². The molecule has 2 N–H and O–H groups in total. The number of piperazine rings is 1. The minimum Gasteiger partial charge on any atom is -0.487 e. The van der Waals surface area contributed by atoms with Gasteiger partial charge in [-0.15, -0.1) is 0 Å². The lowest BCUT2D eigenvalue weighted by atomic mass is 9.55. The van der Waals surface area contributed by atoms with Crippen molar-refractivity contribution < 1.29 is 24.2 Å². The van der Waals surface area contributed by atoms with E-state index in [1.165, 1.54) is 0 Å². The molecule has 5 atom stereocenters. The van der Waals surface area contributed by atoms with Gasteiger partial charge in [-0.1, -0.05) is 19.9 Å². The second-order valence-electron chi connectivity index (χ2n) is 13.6. The maximum atomic E-state index is 14.2. The van der Waals surface area contributed by atoms with E-state index in [0.717, 1.165) is 12.0 Å². The Labute approximate surface area is 212 Å². The zero-order chi connectivity index (χ0) is 25.7. The molecular weight excluding hydrogens is 458 g/mol. The molecule has 36 heavy (non-hydrogen) atoms. The molecule has 2 amide bonds. The quantitative estimate of drug-likeness (QED) is 0.575. The lowest BCUT2D eigenvalue weighted by molar-refractivity contribution is -0.206. The number of likely N-dealkylation sites (N-methyl/N-ethyl adjacent to an activating group) is 1. The van der Waals surface area contributed by atoms with E-state index in [1.54, 1.807) is 0 Å². The lowest BCUT2D eigenvalue weighted by Gasteiger charge is -2.65. The highest BCUT2D eigenvalue weighted by atomic mass is 16.5. The summed E-state index contributed by atoms with van der Waals surface area (Å²) in [5, 5.41) is 14.7. The topological polar surface area (TPSA) is 91.3 Å². The van der Waals surface area contributed by atoms with Crippen LogP contribution in [0.4, 0.5) is 5.69 Å². The average Bonchev–Trinajstić information content (AvgIpc) is 3.25. The van der Waals surface area contributed by atoms with Gasteiger partial charge >= 0.3 is 0 Å². The zero-order valence-corrected chi connectivity index (χ0v) is 22.2. The molecule has 1 saturated carbocycles. The number of hydrogen-bond donors (Lipinski definition) is 2. The molecule has 0 aromatic heterocycles. The standard InChI is InChI=1S/C28H37N3O5/c1-23(2)10-12-35-20-17(36-23)8-7-16-19(20)29-21(32)27(16)14-26-15-31-11-9-25(5,34)28(31,22(33)30(26)6)13-18(26)24(27,3)4/h7-8,18,34H,9-15H2,1-6H3,(H,29,32)/t18?,25-,26-,27-,28+/m1/s1. The number of ether oxygens (including phenoxy) is 2. The number of amides is 2. The number of nitrogens with zero attached hydrogens (tertiary/aromatic N) is 2. The van der Waals surface area contributed by atoms with Crippen LogP contribution in [-0.2, 0) is 15.0 Å².